The molecule has 0 bridgehead atoms. The molecule has 1 atom stereocenters. The van der Waals surface area contributed by atoms with Gasteiger partial charge in [-0.2, -0.15) is 13.2 Å². The van der Waals surface area contributed by atoms with Crippen molar-refractivity contribution in [2.75, 3.05) is 26.2 Å². The lowest BCUT2D eigenvalue weighted by Crippen LogP contribution is -2.64. The van der Waals surface area contributed by atoms with Gasteiger partial charge in [-0.05, 0) is 34.6 Å². The van der Waals surface area contributed by atoms with Crippen LogP contribution in [0.4, 0.5) is 18.0 Å². The minimum absolute atomic E-state index is 0.0140. The quantitative estimate of drug-likeness (QED) is 0.765. The molecule has 1 saturated heterocycles. The first-order valence-corrected chi connectivity index (χ1v) is 8.23. The molecule has 2 amide bonds. The third-order valence-electron chi connectivity index (χ3n) is 3.92. The number of hydrogen-bond acceptors (Lipinski definition) is 4. The van der Waals surface area contributed by atoms with Gasteiger partial charge in [-0.25, -0.2) is 4.79 Å². The molecular weight excluding hydrogens is 351 g/mol. The number of hydrogen-bond donors (Lipinski definition) is 1. The summed E-state index contributed by atoms with van der Waals surface area (Å²) in [6, 6.07) is -1.13. The zero-order chi connectivity index (χ0) is 20.3. The molecule has 9 heteroatoms. The summed E-state index contributed by atoms with van der Waals surface area (Å²) in [5.74, 6) is 1.69. The van der Waals surface area contributed by atoms with Gasteiger partial charge in [0.25, 0.3) is 0 Å². The summed E-state index contributed by atoms with van der Waals surface area (Å²) in [7, 11) is 0. The molecular formula is C17H26F3N3O3. The fraction of sp³-hybridized carbons (Fsp3) is 0.765. The first-order valence-electron chi connectivity index (χ1n) is 8.23. The van der Waals surface area contributed by atoms with E-state index in [0.29, 0.717) is 6.54 Å². The molecule has 148 valence electrons. The Labute approximate surface area is 152 Å². The first-order chi connectivity index (χ1) is 11.7. The Kier molecular flexibility index (Phi) is 6.58. The Balaban J connectivity index is 3.00. The van der Waals surface area contributed by atoms with Crippen molar-refractivity contribution in [3.05, 3.63) is 0 Å². The van der Waals surface area contributed by atoms with Crippen LogP contribution in [-0.4, -0.2) is 71.3 Å². The Morgan fingerprint density at radius 3 is 2.23 bits per heavy atom. The maximum atomic E-state index is 12.4. The molecule has 0 aliphatic carbocycles. The fourth-order valence-electron chi connectivity index (χ4n) is 2.45. The van der Waals surface area contributed by atoms with Gasteiger partial charge in [-0.1, -0.05) is 5.92 Å². The van der Waals surface area contributed by atoms with Crippen LogP contribution in [0.2, 0.25) is 0 Å². The van der Waals surface area contributed by atoms with E-state index in [1.807, 2.05) is 5.32 Å². The van der Waals surface area contributed by atoms with Gasteiger partial charge in [0, 0.05) is 19.6 Å². The zero-order valence-electron chi connectivity index (χ0n) is 15.7. The molecule has 26 heavy (non-hydrogen) atoms. The SMILES string of the molecule is C#CC(C)(C)N1CCN(C(=O)OC(C)(C)C)[C@H](C(=O)NCC(F)(F)F)C1. The van der Waals surface area contributed by atoms with Gasteiger partial charge < -0.3 is 10.1 Å². The summed E-state index contributed by atoms with van der Waals surface area (Å²) in [5.41, 5.74) is -1.50. The average Bonchev–Trinajstić information content (AvgIpc) is 2.49. The molecule has 0 saturated carbocycles. The summed E-state index contributed by atoms with van der Waals surface area (Å²) in [5, 5.41) is 1.84. The maximum absolute atomic E-state index is 12.4. The van der Waals surface area contributed by atoms with Crippen LogP contribution in [0, 0.1) is 12.3 Å². The van der Waals surface area contributed by atoms with Crippen LogP contribution in [-0.2, 0) is 9.53 Å². The number of rotatable bonds is 3. The molecule has 0 aromatic heterocycles. The number of halogens is 3. The number of nitrogens with zero attached hydrogens (tertiary/aromatic N) is 2. The highest BCUT2D eigenvalue weighted by Crippen LogP contribution is 2.22. The number of piperazine rings is 1. The lowest BCUT2D eigenvalue weighted by atomic mass is 10.0. The van der Waals surface area contributed by atoms with Crippen LogP contribution in [0.1, 0.15) is 34.6 Å². The van der Waals surface area contributed by atoms with Gasteiger partial charge in [0.15, 0.2) is 0 Å². The van der Waals surface area contributed by atoms with Crippen molar-refractivity contribution in [3.63, 3.8) is 0 Å². The maximum Gasteiger partial charge on any atom is 0.411 e. The van der Waals surface area contributed by atoms with Gasteiger partial charge in [-0.15, -0.1) is 6.42 Å². The van der Waals surface area contributed by atoms with Crippen molar-refractivity contribution in [3.8, 4) is 12.3 Å². The van der Waals surface area contributed by atoms with Gasteiger partial charge in [0.1, 0.15) is 18.2 Å². The molecule has 6 nitrogen and oxygen atoms in total. The second kappa shape index (κ2) is 7.74. The molecule has 1 rings (SSSR count). The summed E-state index contributed by atoms with van der Waals surface area (Å²) in [6.45, 7) is 7.57. The largest absolute Gasteiger partial charge is 0.444 e. The van der Waals surface area contributed by atoms with Gasteiger partial charge in [-0.3, -0.25) is 14.6 Å². The Morgan fingerprint density at radius 2 is 1.77 bits per heavy atom. The average molecular weight is 377 g/mol. The van der Waals surface area contributed by atoms with Crippen LogP contribution >= 0.6 is 0 Å². The van der Waals surface area contributed by atoms with Crippen molar-refractivity contribution in [2.45, 2.75) is 58.0 Å². The van der Waals surface area contributed by atoms with E-state index >= 15 is 0 Å². The molecule has 0 aromatic carbocycles. The van der Waals surface area contributed by atoms with Crippen molar-refractivity contribution in [1.29, 1.82) is 0 Å². The minimum Gasteiger partial charge on any atom is -0.444 e. The smallest absolute Gasteiger partial charge is 0.411 e. The number of nitrogens with one attached hydrogen (secondary N) is 1. The second-order valence-corrected chi connectivity index (χ2v) is 7.67. The van der Waals surface area contributed by atoms with Crippen molar-refractivity contribution in [1.82, 2.24) is 15.1 Å². The molecule has 0 aromatic rings. The van der Waals surface area contributed by atoms with Crippen molar-refractivity contribution in [2.24, 2.45) is 0 Å². The van der Waals surface area contributed by atoms with E-state index in [2.05, 4.69) is 5.92 Å². The number of alkyl halides is 3. The van der Waals surface area contributed by atoms with Crippen LogP contribution < -0.4 is 5.32 Å². The van der Waals surface area contributed by atoms with Crippen LogP contribution in [0.3, 0.4) is 0 Å². The molecule has 0 unspecified atom stereocenters. The van der Waals surface area contributed by atoms with Crippen molar-refractivity contribution < 1.29 is 27.5 Å². The van der Waals surface area contributed by atoms with E-state index in [9.17, 15) is 22.8 Å². The first kappa shape index (κ1) is 22.1. The molecule has 0 spiro atoms. The van der Waals surface area contributed by atoms with E-state index in [-0.39, 0.29) is 13.1 Å². The van der Waals surface area contributed by atoms with E-state index in [1.165, 1.54) is 0 Å². The molecule has 1 N–H and O–H groups in total. The van der Waals surface area contributed by atoms with Crippen LogP contribution in [0.15, 0.2) is 0 Å². The topological polar surface area (TPSA) is 61.9 Å². The monoisotopic (exact) mass is 377 g/mol. The Hall–Kier alpha value is -1.95. The number of carbonyl (C=O) groups is 2. The third kappa shape index (κ3) is 6.41. The van der Waals surface area contributed by atoms with Crippen LogP contribution in [0.25, 0.3) is 0 Å². The molecule has 1 aliphatic heterocycles. The van der Waals surface area contributed by atoms with E-state index in [1.54, 1.807) is 39.5 Å². The predicted molar refractivity (Wildman–Crippen MR) is 90.3 cm³/mol. The normalized spacial score (nSPS) is 19.7. The van der Waals surface area contributed by atoms with E-state index in [0.717, 1.165) is 4.90 Å². The van der Waals surface area contributed by atoms with Gasteiger partial charge in [0.05, 0.1) is 5.54 Å². The van der Waals surface area contributed by atoms with E-state index < -0.39 is 41.9 Å². The molecule has 1 aliphatic rings. The number of amides is 2. The fourth-order valence-corrected chi connectivity index (χ4v) is 2.45. The molecule has 1 fully saturated rings. The van der Waals surface area contributed by atoms with Crippen LogP contribution in [0.5, 0.6) is 0 Å². The minimum atomic E-state index is -4.54. The molecule has 1 heterocycles. The highest BCUT2D eigenvalue weighted by molar-refractivity contribution is 5.86. The Morgan fingerprint density at radius 1 is 1.19 bits per heavy atom. The highest BCUT2D eigenvalue weighted by atomic mass is 19.4. The number of ether oxygens (including phenoxy) is 1. The summed E-state index contributed by atoms with van der Waals surface area (Å²) >= 11 is 0. The lowest BCUT2D eigenvalue weighted by Gasteiger charge is -2.45. The predicted octanol–water partition coefficient (Wildman–Crippen LogP) is 2.00. The molecule has 0 radical (unpaired) electrons. The lowest BCUT2D eigenvalue weighted by molar-refractivity contribution is -0.143. The Bertz CT molecular complexity index is 577. The van der Waals surface area contributed by atoms with Crippen molar-refractivity contribution >= 4 is 12.0 Å². The van der Waals surface area contributed by atoms with E-state index in [4.69, 9.17) is 11.2 Å². The highest BCUT2D eigenvalue weighted by Gasteiger charge is 2.41. The number of carbonyl (C=O) groups excluding carboxylic acids is 2. The van der Waals surface area contributed by atoms with Gasteiger partial charge >= 0.3 is 12.3 Å². The second-order valence-electron chi connectivity index (χ2n) is 7.67. The third-order valence-corrected chi connectivity index (χ3v) is 3.92. The number of terminal acetylenes is 1. The summed E-state index contributed by atoms with van der Waals surface area (Å²) in [4.78, 5) is 27.7. The summed E-state index contributed by atoms with van der Waals surface area (Å²) in [6.07, 6.45) is 0.216. The zero-order valence-corrected chi connectivity index (χ0v) is 15.7. The van der Waals surface area contributed by atoms with Gasteiger partial charge in [0.2, 0.25) is 5.91 Å². The summed E-state index contributed by atoms with van der Waals surface area (Å²) < 4.78 is 42.6. The standard InChI is InChI=1S/C17H26F3N3O3/c1-7-16(5,6)22-8-9-23(14(25)26-15(2,3)4)12(10-22)13(24)21-11-17(18,19)20/h1,12H,8-11H2,2-6H3,(H,21,24)/t12-/m0/s1.